The fraction of sp³-hybridized carbons (Fsp3) is 0.417. The summed E-state index contributed by atoms with van der Waals surface area (Å²) >= 11 is 0. The van der Waals surface area contributed by atoms with Crippen molar-refractivity contribution in [1.82, 2.24) is 4.90 Å². The highest BCUT2D eigenvalue weighted by molar-refractivity contribution is 5.71. The molecule has 0 amide bonds. The lowest BCUT2D eigenvalue weighted by atomic mass is 10.4. The van der Waals surface area contributed by atoms with Gasteiger partial charge in [0.25, 0.3) is 0 Å². The molecule has 0 aliphatic heterocycles. The number of nitrogens with zero attached hydrogens (tertiary/aromatic N) is 1. The number of carboxylic acid groups (broad SMARTS) is 1. The molecule has 0 aliphatic rings. The van der Waals surface area contributed by atoms with Crippen LogP contribution in [-0.2, 0) is 4.79 Å². The van der Waals surface area contributed by atoms with Gasteiger partial charge in [-0.3, -0.25) is 4.90 Å². The predicted octanol–water partition coefficient (Wildman–Crippen LogP) is 1.30. The zero-order valence-corrected chi connectivity index (χ0v) is 9.80. The summed E-state index contributed by atoms with van der Waals surface area (Å²) in [7, 11) is 0. The van der Waals surface area contributed by atoms with Crippen LogP contribution in [0.4, 0.5) is 0 Å². The monoisotopic (exact) mass is 227 g/mol. The zero-order valence-electron chi connectivity index (χ0n) is 9.80. The summed E-state index contributed by atoms with van der Waals surface area (Å²) in [6, 6.07) is 0. The van der Waals surface area contributed by atoms with E-state index in [4.69, 9.17) is 10.2 Å². The third-order valence-corrected chi connectivity index (χ3v) is 1.52. The van der Waals surface area contributed by atoms with Crippen molar-refractivity contribution in [3.05, 3.63) is 38.0 Å². The molecular formula is C12H21NO3. The largest absolute Gasteiger partial charge is 0.479 e. The van der Waals surface area contributed by atoms with Gasteiger partial charge in [-0.1, -0.05) is 18.2 Å². The summed E-state index contributed by atoms with van der Waals surface area (Å²) in [6.07, 6.45) is 4.41. The topological polar surface area (TPSA) is 60.8 Å². The zero-order chi connectivity index (χ0) is 13.0. The van der Waals surface area contributed by atoms with Gasteiger partial charge in [0.2, 0.25) is 0 Å². The smallest absolute Gasteiger partial charge is 0.332 e. The normalized spacial score (nSPS) is 10.9. The molecule has 0 saturated carbocycles. The molecule has 0 aromatic rings. The first-order valence-corrected chi connectivity index (χ1v) is 4.95. The van der Waals surface area contributed by atoms with Crippen LogP contribution in [0, 0.1) is 0 Å². The number of aliphatic hydroxyl groups is 1. The molecule has 1 unspecified atom stereocenters. The van der Waals surface area contributed by atoms with Crippen molar-refractivity contribution in [3.8, 4) is 0 Å². The minimum absolute atomic E-state index is 0.901. The van der Waals surface area contributed by atoms with Crippen LogP contribution in [0.3, 0.4) is 0 Å². The SMILES string of the molecule is C=CCN(CC=C)CC=C.CC(O)C(=O)O. The van der Waals surface area contributed by atoms with E-state index in [1.807, 2.05) is 18.2 Å². The van der Waals surface area contributed by atoms with Crippen LogP contribution in [0.15, 0.2) is 38.0 Å². The molecule has 16 heavy (non-hydrogen) atoms. The van der Waals surface area contributed by atoms with Crippen LogP contribution >= 0.6 is 0 Å². The van der Waals surface area contributed by atoms with Gasteiger partial charge in [0.05, 0.1) is 0 Å². The third-order valence-electron chi connectivity index (χ3n) is 1.52. The minimum atomic E-state index is -1.23. The number of hydrogen-bond acceptors (Lipinski definition) is 3. The summed E-state index contributed by atoms with van der Waals surface area (Å²) in [5.41, 5.74) is 0. The second-order valence-corrected chi connectivity index (χ2v) is 3.10. The van der Waals surface area contributed by atoms with Gasteiger partial charge in [0.15, 0.2) is 0 Å². The van der Waals surface area contributed by atoms with Crippen LogP contribution in [0.1, 0.15) is 6.92 Å². The summed E-state index contributed by atoms with van der Waals surface area (Å²) in [5, 5.41) is 15.8. The maximum Gasteiger partial charge on any atom is 0.332 e. The lowest BCUT2D eigenvalue weighted by Crippen LogP contribution is -2.23. The molecule has 0 spiro atoms. The predicted molar refractivity (Wildman–Crippen MR) is 66.3 cm³/mol. The molecule has 0 aliphatic carbocycles. The Morgan fingerprint density at radius 1 is 1.19 bits per heavy atom. The van der Waals surface area contributed by atoms with Gasteiger partial charge in [0.1, 0.15) is 6.10 Å². The van der Waals surface area contributed by atoms with Gasteiger partial charge in [-0.05, 0) is 6.92 Å². The average molecular weight is 227 g/mol. The average Bonchev–Trinajstić information content (AvgIpc) is 2.19. The molecule has 1 atom stereocenters. The summed E-state index contributed by atoms with van der Waals surface area (Å²) in [6.45, 7) is 14.9. The van der Waals surface area contributed by atoms with Gasteiger partial charge < -0.3 is 10.2 Å². The molecular weight excluding hydrogens is 206 g/mol. The second-order valence-electron chi connectivity index (χ2n) is 3.10. The number of aliphatic carboxylic acids is 1. The van der Waals surface area contributed by atoms with Crippen LogP contribution in [0.5, 0.6) is 0 Å². The Bertz CT molecular complexity index is 201. The standard InChI is InChI=1S/C9H15N.C3H6O3/c1-4-7-10(8-5-2)9-6-3;1-2(4)3(5)6/h4-6H,1-3,7-9H2;2,4H,1H3,(H,5,6). The van der Waals surface area contributed by atoms with E-state index in [0.29, 0.717) is 0 Å². The van der Waals surface area contributed by atoms with E-state index in [1.54, 1.807) is 0 Å². The van der Waals surface area contributed by atoms with Crippen molar-refractivity contribution in [2.75, 3.05) is 19.6 Å². The summed E-state index contributed by atoms with van der Waals surface area (Å²) in [5.74, 6) is -1.19. The molecule has 0 aromatic heterocycles. The maximum absolute atomic E-state index is 9.45. The van der Waals surface area contributed by atoms with E-state index >= 15 is 0 Å². The number of carboxylic acids is 1. The Balaban J connectivity index is 0. The Hall–Kier alpha value is -1.39. The lowest BCUT2D eigenvalue weighted by Gasteiger charge is -2.15. The second kappa shape index (κ2) is 11.7. The number of hydrogen-bond donors (Lipinski definition) is 2. The van der Waals surface area contributed by atoms with E-state index in [1.165, 1.54) is 6.92 Å². The molecule has 0 fully saturated rings. The Morgan fingerprint density at radius 2 is 1.44 bits per heavy atom. The van der Waals surface area contributed by atoms with Gasteiger partial charge in [-0.25, -0.2) is 4.79 Å². The third kappa shape index (κ3) is 12.6. The number of aliphatic hydroxyl groups excluding tert-OH is 1. The van der Waals surface area contributed by atoms with Gasteiger partial charge in [-0.2, -0.15) is 0 Å². The van der Waals surface area contributed by atoms with E-state index in [-0.39, 0.29) is 0 Å². The Labute approximate surface area is 97.2 Å². The lowest BCUT2D eigenvalue weighted by molar-refractivity contribution is -0.145. The fourth-order valence-electron chi connectivity index (χ4n) is 0.771. The summed E-state index contributed by atoms with van der Waals surface area (Å²) in [4.78, 5) is 11.6. The summed E-state index contributed by atoms with van der Waals surface area (Å²) < 4.78 is 0. The molecule has 0 aromatic carbocycles. The van der Waals surface area contributed by atoms with Gasteiger partial charge in [0, 0.05) is 19.6 Å². The first kappa shape index (κ1) is 17.0. The maximum atomic E-state index is 9.45. The highest BCUT2D eigenvalue weighted by atomic mass is 16.4. The first-order valence-electron chi connectivity index (χ1n) is 4.95. The Kier molecular flexibility index (Phi) is 12.4. The van der Waals surface area contributed by atoms with Crippen LogP contribution in [-0.4, -0.2) is 46.8 Å². The molecule has 2 N–H and O–H groups in total. The van der Waals surface area contributed by atoms with Crippen molar-refractivity contribution in [2.45, 2.75) is 13.0 Å². The quantitative estimate of drug-likeness (QED) is 0.644. The van der Waals surface area contributed by atoms with Crippen molar-refractivity contribution < 1.29 is 15.0 Å². The molecule has 0 rings (SSSR count). The van der Waals surface area contributed by atoms with Gasteiger partial charge >= 0.3 is 5.97 Å². The van der Waals surface area contributed by atoms with E-state index in [0.717, 1.165) is 19.6 Å². The van der Waals surface area contributed by atoms with Crippen LogP contribution in [0.2, 0.25) is 0 Å². The Morgan fingerprint density at radius 3 is 1.56 bits per heavy atom. The van der Waals surface area contributed by atoms with Gasteiger partial charge in [-0.15, -0.1) is 19.7 Å². The minimum Gasteiger partial charge on any atom is -0.479 e. The molecule has 0 radical (unpaired) electrons. The van der Waals surface area contributed by atoms with Crippen molar-refractivity contribution in [2.24, 2.45) is 0 Å². The first-order chi connectivity index (χ1) is 7.49. The van der Waals surface area contributed by atoms with Crippen LogP contribution in [0.25, 0.3) is 0 Å². The molecule has 4 nitrogen and oxygen atoms in total. The number of carbonyl (C=O) groups is 1. The van der Waals surface area contributed by atoms with E-state index in [2.05, 4.69) is 24.6 Å². The molecule has 0 bridgehead atoms. The van der Waals surface area contributed by atoms with Crippen molar-refractivity contribution in [3.63, 3.8) is 0 Å². The highest BCUT2D eigenvalue weighted by Gasteiger charge is 2.01. The van der Waals surface area contributed by atoms with E-state index < -0.39 is 12.1 Å². The highest BCUT2D eigenvalue weighted by Crippen LogP contribution is 1.88. The molecule has 92 valence electrons. The van der Waals surface area contributed by atoms with E-state index in [9.17, 15) is 4.79 Å². The molecule has 0 heterocycles. The number of rotatable bonds is 7. The van der Waals surface area contributed by atoms with Crippen molar-refractivity contribution in [1.29, 1.82) is 0 Å². The van der Waals surface area contributed by atoms with Crippen LogP contribution < -0.4 is 0 Å². The van der Waals surface area contributed by atoms with Crippen molar-refractivity contribution >= 4 is 5.97 Å². The molecule has 4 heteroatoms. The molecule has 0 saturated heterocycles. The fourth-order valence-corrected chi connectivity index (χ4v) is 0.771.